The lowest BCUT2D eigenvalue weighted by molar-refractivity contribution is 0.428. The van der Waals surface area contributed by atoms with Crippen LogP contribution < -0.4 is 10.2 Å². The topological polar surface area (TPSA) is 15.3 Å². The molecule has 0 fully saturated rings. The van der Waals surface area contributed by atoms with Gasteiger partial charge < -0.3 is 10.2 Å². The predicted molar refractivity (Wildman–Crippen MR) is 81.4 cm³/mol. The molecule has 2 nitrogen and oxygen atoms in total. The third-order valence-electron chi connectivity index (χ3n) is 3.33. The van der Waals surface area contributed by atoms with Crippen LogP contribution in [0.3, 0.4) is 0 Å². The minimum absolute atomic E-state index is 0.130. The zero-order chi connectivity index (χ0) is 13.8. The Hall–Kier alpha value is -1.02. The van der Waals surface area contributed by atoms with E-state index in [0.717, 1.165) is 18.9 Å². The van der Waals surface area contributed by atoms with E-state index < -0.39 is 0 Å². The predicted octanol–water partition coefficient (Wildman–Crippen LogP) is 3.32. The molecule has 0 spiro atoms. The first-order valence-electron chi connectivity index (χ1n) is 6.83. The maximum absolute atomic E-state index is 3.34. The molecule has 0 saturated carbocycles. The van der Waals surface area contributed by atoms with Crippen molar-refractivity contribution in [3.8, 4) is 0 Å². The number of rotatable bonds is 6. The fraction of sp³-hybridized carbons (Fsp3) is 0.625. The average molecular weight is 248 g/mol. The van der Waals surface area contributed by atoms with Crippen LogP contribution in [0, 0.1) is 5.92 Å². The van der Waals surface area contributed by atoms with Gasteiger partial charge in [-0.05, 0) is 50.9 Å². The summed E-state index contributed by atoms with van der Waals surface area (Å²) >= 11 is 0. The zero-order valence-corrected chi connectivity index (χ0v) is 12.7. The Morgan fingerprint density at radius 1 is 1.17 bits per heavy atom. The van der Waals surface area contributed by atoms with Crippen molar-refractivity contribution < 1.29 is 0 Å². The van der Waals surface area contributed by atoms with E-state index >= 15 is 0 Å². The molecule has 0 heterocycles. The van der Waals surface area contributed by atoms with Crippen LogP contribution >= 0.6 is 0 Å². The summed E-state index contributed by atoms with van der Waals surface area (Å²) in [5.41, 5.74) is 2.84. The SMILES string of the molecule is CNC(C)(C)CN(C)c1ccc(CC(C)C)cc1. The highest BCUT2D eigenvalue weighted by Gasteiger charge is 2.17. The van der Waals surface area contributed by atoms with Gasteiger partial charge in [-0.2, -0.15) is 0 Å². The quantitative estimate of drug-likeness (QED) is 0.831. The van der Waals surface area contributed by atoms with Gasteiger partial charge in [0.25, 0.3) is 0 Å². The highest BCUT2D eigenvalue weighted by molar-refractivity contribution is 5.47. The molecule has 102 valence electrons. The molecule has 1 N–H and O–H groups in total. The Labute approximate surface area is 112 Å². The number of benzene rings is 1. The van der Waals surface area contributed by atoms with Crippen molar-refractivity contribution in [2.75, 3.05) is 25.5 Å². The van der Waals surface area contributed by atoms with Gasteiger partial charge in [0.15, 0.2) is 0 Å². The Bertz CT molecular complexity index is 352. The van der Waals surface area contributed by atoms with Crippen LogP contribution in [0.2, 0.25) is 0 Å². The molecule has 2 heteroatoms. The van der Waals surface area contributed by atoms with Gasteiger partial charge in [0.05, 0.1) is 0 Å². The summed E-state index contributed by atoms with van der Waals surface area (Å²) in [6, 6.07) is 8.95. The molecule has 0 bridgehead atoms. The summed E-state index contributed by atoms with van der Waals surface area (Å²) in [5.74, 6) is 0.719. The Morgan fingerprint density at radius 2 is 1.72 bits per heavy atom. The smallest absolute Gasteiger partial charge is 0.0364 e. The van der Waals surface area contributed by atoms with E-state index in [0.29, 0.717) is 0 Å². The van der Waals surface area contributed by atoms with E-state index in [-0.39, 0.29) is 5.54 Å². The van der Waals surface area contributed by atoms with Gasteiger partial charge in [-0.15, -0.1) is 0 Å². The van der Waals surface area contributed by atoms with E-state index in [1.165, 1.54) is 11.3 Å². The van der Waals surface area contributed by atoms with Crippen molar-refractivity contribution in [2.45, 2.75) is 39.7 Å². The molecular formula is C16H28N2. The fourth-order valence-electron chi connectivity index (χ4n) is 2.12. The molecule has 0 aliphatic carbocycles. The zero-order valence-electron chi connectivity index (χ0n) is 12.7. The Morgan fingerprint density at radius 3 is 2.17 bits per heavy atom. The van der Waals surface area contributed by atoms with E-state index in [1.54, 1.807) is 0 Å². The van der Waals surface area contributed by atoms with Crippen molar-refractivity contribution >= 4 is 5.69 Å². The molecule has 0 saturated heterocycles. The number of likely N-dealkylation sites (N-methyl/N-ethyl adjacent to an activating group) is 2. The Balaban J connectivity index is 2.67. The lowest BCUT2D eigenvalue weighted by atomic mass is 10.0. The monoisotopic (exact) mass is 248 g/mol. The minimum atomic E-state index is 0.130. The van der Waals surface area contributed by atoms with Gasteiger partial charge in [-0.1, -0.05) is 26.0 Å². The summed E-state index contributed by atoms with van der Waals surface area (Å²) in [6.45, 7) is 9.95. The molecule has 1 rings (SSSR count). The number of anilines is 1. The third-order valence-corrected chi connectivity index (χ3v) is 3.33. The molecular weight excluding hydrogens is 220 g/mol. The minimum Gasteiger partial charge on any atom is -0.373 e. The molecule has 0 amide bonds. The summed E-state index contributed by atoms with van der Waals surface area (Å²) in [6.07, 6.45) is 1.16. The summed E-state index contributed by atoms with van der Waals surface area (Å²) in [5, 5.41) is 3.34. The van der Waals surface area contributed by atoms with E-state index in [1.807, 2.05) is 7.05 Å². The number of hydrogen-bond donors (Lipinski definition) is 1. The van der Waals surface area contributed by atoms with Crippen molar-refractivity contribution in [1.82, 2.24) is 5.32 Å². The van der Waals surface area contributed by atoms with Gasteiger partial charge in [0, 0.05) is 24.8 Å². The van der Waals surface area contributed by atoms with E-state index in [9.17, 15) is 0 Å². The van der Waals surface area contributed by atoms with Crippen LogP contribution in [0.15, 0.2) is 24.3 Å². The van der Waals surface area contributed by atoms with Gasteiger partial charge in [0.1, 0.15) is 0 Å². The standard InChI is InChI=1S/C16H28N2/c1-13(2)11-14-7-9-15(10-8-14)18(6)12-16(3,4)17-5/h7-10,13,17H,11-12H2,1-6H3. The highest BCUT2D eigenvalue weighted by atomic mass is 15.1. The molecule has 0 aliphatic heterocycles. The average Bonchev–Trinajstić information content (AvgIpc) is 2.28. The molecule has 0 radical (unpaired) electrons. The highest BCUT2D eigenvalue weighted by Crippen LogP contribution is 2.18. The lowest BCUT2D eigenvalue weighted by Crippen LogP contribution is -2.46. The normalized spacial score (nSPS) is 11.9. The first-order chi connectivity index (χ1) is 8.34. The number of nitrogens with zero attached hydrogens (tertiary/aromatic N) is 1. The van der Waals surface area contributed by atoms with Crippen LogP contribution in [0.25, 0.3) is 0 Å². The van der Waals surface area contributed by atoms with Crippen LogP contribution in [0.5, 0.6) is 0 Å². The lowest BCUT2D eigenvalue weighted by Gasteiger charge is -2.31. The second-order valence-electron chi connectivity index (χ2n) is 6.25. The summed E-state index contributed by atoms with van der Waals surface area (Å²) in [4.78, 5) is 2.30. The van der Waals surface area contributed by atoms with E-state index in [2.05, 4.69) is 69.2 Å². The largest absolute Gasteiger partial charge is 0.373 e. The first-order valence-corrected chi connectivity index (χ1v) is 6.83. The first kappa shape index (κ1) is 15.0. The molecule has 0 aromatic heterocycles. The molecule has 1 aromatic rings. The molecule has 18 heavy (non-hydrogen) atoms. The molecule has 1 aromatic carbocycles. The number of nitrogens with one attached hydrogen (secondary N) is 1. The summed E-state index contributed by atoms with van der Waals surface area (Å²) in [7, 11) is 4.16. The maximum Gasteiger partial charge on any atom is 0.0364 e. The molecule has 0 unspecified atom stereocenters. The summed E-state index contributed by atoms with van der Waals surface area (Å²) < 4.78 is 0. The molecule has 0 atom stereocenters. The number of hydrogen-bond acceptors (Lipinski definition) is 2. The fourth-order valence-corrected chi connectivity index (χ4v) is 2.12. The van der Waals surface area contributed by atoms with Crippen LogP contribution in [0.1, 0.15) is 33.3 Å². The van der Waals surface area contributed by atoms with Gasteiger partial charge in [0.2, 0.25) is 0 Å². The van der Waals surface area contributed by atoms with Crippen LogP contribution in [-0.4, -0.2) is 26.2 Å². The van der Waals surface area contributed by atoms with Gasteiger partial charge >= 0.3 is 0 Å². The van der Waals surface area contributed by atoms with E-state index in [4.69, 9.17) is 0 Å². The van der Waals surface area contributed by atoms with Crippen molar-refractivity contribution in [2.24, 2.45) is 5.92 Å². The third kappa shape index (κ3) is 4.69. The van der Waals surface area contributed by atoms with Gasteiger partial charge in [-0.3, -0.25) is 0 Å². The van der Waals surface area contributed by atoms with Gasteiger partial charge in [-0.25, -0.2) is 0 Å². The van der Waals surface area contributed by atoms with Crippen molar-refractivity contribution in [1.29, 1.82) is 0 Å². The van der Waals surface area contributed by atoms with Crippen molar-refractivity contribution in [3.63, 3.8) is 0 Å². The second-order valence-corrected chi connectivity index (χ2v) is 6.25. The second kappa shape index (κ2) is 6.24. The van der Waals surface area contributed by atoms with Crippen LogP contribution in [-0.2, 0) is 6.42 Å². The van der Waals surface area contributed by atoms with Crippen LogP contribution in [0.4, 0.5) is 5.69 Å². The molecule has 0 aliphatic rings. The van der Waals surface area contributed by atoms with Crippen molar-refractivity contribution in [3.05, 3.63) is 29.8 Å². The maximum atomic E-state index is 3.34. The Kier molecular flexibility index (Phi) is 5.21.